The molecule has 0 spiro atoms. The van der Waals surface area contributed by atoms with Crippen molar-refractivity contribution >= 4 is 11.6 Å². The van der Waals surface area contributed by atoms with Gasteiger partial charge in [-0.05, 0) is 41.5 Å². The maximum atomic E-state index is 6.03. The molecule has 1 N–H and O–H groups in total. The van der Waals surface area contributed by atoms with E-state index < -0.39 is 0 Å². The van der Waals surface area contributed by atoms with Crippen LogP contribution < -0.4 is 14.8 Å². The van der Waals surface area contributed by atoms with Crippen molar-refractivity contribution in [3.63, 3.8) is 0 Å². The molecule has 0 aliphatic carbocycles. The van der Waals surface area contributed by atoms with Gasteiger partial charge in [-0.15, -0.1) is 0 Å². The number of methoxy groups -OCH3 is 1. The van der Waals surface area contributed by atoms with Crippen molar-refractivity contribution in [2.75, 3.05) is 7.11 Å². The largest absolute Gasteiger partial charge is 0.497 e. The van der Waals surface area contributed by atoms with Gasteiger partial charge in [-0.3, -0.25) is 0 Å². The number of rotatable bonds is 8. The van der Waals surface area contributed by atoms with Gasteiger partial charge < -0.3 is 14.8 Å². The standard InChI is InChI=1S/C22H22ClNO2/c1-25-21-11-9-17(10-12-21)14-24-15-19-6-2-3-8-22(19)26-16-18-5-4-7-20(23)13-18/h2-13,24H,14-16H2,1H3. The summed E-state index contributed by atoms with van der Waals surface area (Å²) < 4.78 is 11.2. The number of hydrogen-bond acceptors (Lipinski definition) is 3. The summed E-state index contributed by atoms with van der Waals surface area (Å²) in [7, 11) is 1.67. The lowest BCUT2D eigenvalue weighted by molar-refractivity contribution is 0.302. The van der Waals surface area contributed by atoms with Gasteiger partial charge in [0.1, 0.15) is 18.1 Å². The van der Waals surface area contributed by atoms with Crippen molar-refractivity contribution < 1.29 is 9.47 Å². The van der Waals surface area contributed by atoms with E-state index in [2.05, 4.69) is 23.5 Å². The molecule has 134 valence electrons. The average Bonchev–Trinajstić information content (AvgIpc) is 2.68. The van der Waals surface area contributed by atoms with Crippen LogP contribution in [0.1, 0.15) is 16.7 Å². The van der Waals surface area contributed by atoms with Crippen LogP contribution in [0.25, 0.3) is 0 Å². The van der Waals surface area contributed by atoms with Crippen LogP contribution >= 0.6 is 11.6 Å². The van der Waals surface area contributed by atoms with Crippen LogP contribution in [0.4, 0.5) is 0 Å². The molecule has 0 saturated heterocycles. The molecule has 3 rings (SSSR count). The zero-order chi connectivity index (χ0) is 18.2. The lowest BCUT2D eigenvalue weighted by Crippen LogP contribution is -2.13. The van der Waals surface area contributed by atoms with Crippen molar-refractivity contribution in [3.05, 3.63) is 94.5 Å². The van der Waals surface area contributed by atoms with Crippen molar-refractivity contribution in [2.24, 2.45) is 0 Å². The highest BCUT2D eigenvalue weighted by atomic mass is 35.5. The molecule has 0 aromatic heterocycles. The topological polar surface area (TPSA) is 30.5 Å². The highest BCUT2D eigenvalue weighted by Gasteiger charge is 2.04. The van der Waals surface area contributed by atoms with E-state index in [1.165, 1.54) is 5.56 Å². The molecular formula is C22H22ClNO2. The second-order valence-electron chi connectivity index (χ2n) is 5.98. The van der Waals surface area contributed by atoms with E-state index in [9.17, 15) is 0 Å². The molecule has 3 aromatic carbocycles. The van der Waals surface area contributed by atoms with Gasteiger partial charge in [0.2, 0.25) is 0 Å². The van der Waals surface area contributed by atoms with E-state index in [-0.39, 0.29) is 0 Å². The molecule has 0 radical (unpaired) electrons. The van der Waals surface area contributed by atoms with Crippen molar-refractivity contribution in [1.29, 1.82) is 0 Å². The summed E-state index contributed by atoms with van der Waals surface area (Å²) in [5.74, 6) is 1.75. The summed E-state index contributed by atoms with van der Waals surface area (Å²) in [4.78, 5) is 0. The fourth-order valence-electron chi connectivity index (χ4n) is 2.66. The SMILES string of the molecule is COc1ccc(CNCc2ccccc2OCc2cccc(Cl)c2)cc1. The number of halogens is 1. The third kappa shape index (κ3) is 5.25. The Balaban J connectivity index is 1.56. The Kier molecular flexibility index (Phi) is 6.53. The molecule has 0 aliphatic rings. The lowest BCUT2D eigenvalue weighted by Gasteiger charge is -2.13. The molecule has 26 heavy (non-hydrogen) atoms. The molecule has 0 bridgehead atoms. The van der Waals surface area contributed by atoms with Gasteiger partial charge in [0.25, 0.3) is 0 Å². The molecule has 0 fully saturated rings. The molecule has 3 nitrogen and oxygen atoms in total. The minimum absolute atomic E-state index is 0.496. The Hall–Kier alpha value is -2.49. The van der Waals surface area contributed by atoms with Crippen molar-refractivity contribution in [1.82, 2.24) is 5.32 Å². The number of ether oxygens (including phenoxy) is 2. The van der Waals surface area contributed by atoms with E-state index in [0.29, 0.717) is 6.61 Å². The molecule has 0 saturated carbocycles. The highest BCUT2D eigenvalue weighted by molar-refractivity contribution is 6.30. The molecule has 0 atom stereocenters. The van der Waals surface area contributed by atoms with Crippen LogP contribution in [0.5, 0.6) is 11.5 Å². The van der Waals surface area contributed by atoms with Crippen LogP contribution in [-0.2, 0) is 19.7 Å². The summed E-state index contributed by atoms with van der Waals surface area (Å²) in [5, 5.41) is 4.18. The van der Waals surface area contributed by atoms with Gasteiger partial charge in [-0.1, -0.05) is 54.1 Å². The quantitative estimate of drug-likeness (QED) is 0.592. The highest BCUT2D eigenvalue weighted by Crippen LogP contribution is 2.20. The predicted octanol–water partition coefficient (Wildman–Crippen LogP) is 5.22. The fraction of sp³-hybridized carbons (Fsp3) is 0.182. The Morgan fingerprint density at radius 3 is 2.42 bits per heavy atom. The minimum Gasteiger partial charge on any atom is -0.497 e. The van der Waals surface area contributed by atoms with E-state index >= 15 is 0 Å². The van der Waals surface area contributed by atoms with Gasteiger partial charge in [0.05, 0.1) is 7.11 Å². The van der Waals surface area contributed by atoms with Gasteiger partial charge in [0, 0.05) is 23.7 Å². The van der Waals surface area contributed by atoms with E-state index in [0.717, 1.165) is 40.7 Å². The summed E-state index contributed by atoms with van der Waals surface area (Å²) in [6.45, 7) is 2.01. The first-order valence-corrected chi connectivity index (χ1v) is 8.91. The van der Waals surface area contributed by atoms with Crippen LogP contribution in [0.2, 0.25) is 5.02 Å². The smallest absolute Gasteiger partial charge is 0.124 e. The van der Waals surface area contributed by atoms with Crippen molar-refractivity contribution in [2.45, 2.75) is 19.7 Å². The number of hydrogen-bond donors (Lipinski definition) is 1. The van der Waals surface area contributed by atoms with Gasteiger partial charge in [-0.2, -0.15) is 0 Å². The van der Waals surface area contributed by atoms with Crippen LogP contribution in [-0.4, -0.2) is 7.11 Å². The van der Waals surface area contributed by atoms with E-state index in [4.69, 9.17) is 21.1 Å². The second kappa shape index (κ2) is 9.27. The Bertz CT molecular complexity index is 834. The monoisotopic (exact) mass is 367 g/mol. The third-order valence-electron chi connectivity index (χ3n) is 4.06. The van der Waals surface area contributed by atoms with Crippen LogP contribution in [0.15, 0.2) is 72.8 Å². The molecule has 0 heterocycles. The van der Waals surface area contributed by atoms with Crippen molar-refractivity contribution in [3.8, 4) is 11.5 Å². The molecule has 0 unspecified atom stereocenters. The number of benzene rings is 3. The lowest BCUT2D eigenvalue weighted by atomic mass is 10.1. The normalized spacial score (nSPS) is 10.5. The molecule has 4 heteroatoms. The van der Waals surface area contributed by atoms with E-state index in [1.807, 2.05) is 54.6 Å². The molecular weight excluding hydrogens is 346 g/mol. The van der Waals surface area contributed by atoms with Crippen LogP contribution in [0.3, 0.4) is 0 Å². The van der Waals surface area contributed by atoms with Gasteiger partial charge >= 0.3 is 0 Å². The third-order valence-corrected chi connectivity index (χ3v) is 4.29. The first-order valence-electron chi connectivity index (χ1n) is 8.53. The first kappa shape index (κ1) is 18.3. The van der Waals surface area contributed by atoms with Gasteiger partial charge in [-0.25, -0.2) is 0 Å². The predicted molar refractivity (Wildman–Crippen MR) is 106 cm³/mol. The second-order valence-corrected chi connectivity index (χ2v) is 6.41. The molecule has 0 aliphatic heterocycles. The summed E-state index contributed by atoms with van der Waals surface area (Å²) in [6.07, 6.45) is 0. The van der Waals surface area contributed by atoms with Gasteiger partial charge in [0.15, 0.2) is 0 Å². The van der Waals surface area contributed by atoms with E-state index in [1.54, 1.807) is 7.11 Å². The summed E-state index contributed by atoms with van der Waals surface area (Å²) in [6, 6.07) is 23.9. The Labute approximate surface area is 159 Å². The Morgan fingerprint density at radius 1 is 0.846 bits per heavy atom. The zero-order valence-corrected chi connectivity index (χ0v) is 15.5. The first-order chi connectivity index (χ1) is 12.7. The Morgan fingerprint density at radius 2 is 1.65 bits per heavy atom. The minimum atomic E-state index is 0.496. The fourth-order valence-corrected chi connectivity index (χ4v) is 2.88. The summed E-state index contributed by atoms with van der Waals surface area (Å²) >= 11 is 6.03. The maximum Gasteiger partial charge on any atom is 0.124 e. The molecule has 3 aromatic rings. The average molecular weight is 368 g/mol. The van der Waals surface area contributed by atoms with Crippen LogP contribution in [0, 0.1) is 0 Å². The summed E-state index contributed by atoms with van der Waals surface area (Å²) in [5.41, 5.74) is 3.39. The number of nitrogens with one attached hydrogen (secondary N) is 1. The maximum absolute atomic E-state index is 6.03. The zero-order valence-electron chi connectivity index (χ0n) is 14.7. The number of para-hydroxylation sites is 1. The molecule has 0 amide bonds.